The zero-order chi connectivity index (χ0) is 11.4. The van der Waals surface area contributed by atoms with E-state index in [1.807, 2.05) is 0 Å². The molecule has 0 aromatic carbocycles. The maximum Gasteiger partial charge on any atom is 0.359 e. The molecule has 0 aromatic rings. The molecule has 14 heavy (non-hydrogen) atoms. The first-order valence-corrected chi connectivity index (χ1v) is 4.42. The molecule has 3 N–H and O–H groups in total. The van der Waals surface area contributed by atoms with Crippen LogP contribution < -0.4 is 0 Å². The largest absolute Gasteiger partial charge is 0.477 e. The van der Waals surface area contributed by atoms with Crippen LogP contribution in [0.25, 0.3) is 0 Å². The zero-order valence-corrected chi connectivity index (χ0v) is 8.55. The summed E-state index contributed by atoms with van der Waals surface area (Å²) in [5, 5.41) is 27.7. The standard InChI is InChI=1S/C9H17NO4/c1-4-5-10(7(2)11,8(3)12)6-9(13)14/h4,7-8,11-12H,1,5-6H2,2-3H3/p+1. The van der Waals surface area contributed by atoms with E-state index < -0.39 is 18.4 Å². The summed E-state index contributed by atoms with van der Waals surface area (Å²) >= 11 is 0. The molecular weight excluding hydrogens is 186 g/mol. The Kier molecular flexibility index (Phi) is 4.76. The Balaban J connectivity index is 4.92. The Morgan fingerprint density at radius 2 is 1.86 bits per heavy atom. The monoisotopic (exact) mass is 204 g/mol. The Morgan fingerprint density at radius 1 is 1.43 bits per heavy atom. The fourth-order valence-corrected chi connectivity index (χ4v) is 1.44. The van der Waals surface area contributed by atoms with Crippen molar-refractivity contribution < 1.29 is 24.6 Å². The van der Waals surface area contributed by atoms with Crippen molar-refractivity contribution in [3.8, 4) is 0 Å². The van der Waals surface area contributed by atoms with Gasteiger partial charge in [0.2, 0.25) is 0 Å². The molecule has 2 atom stereocenters. The molecular formula is C9H18NO4+. The minimum atomic E-state index is -1.06. The van der Waals surface area contributed by atoms with Crippen LogP contribution in [0.4, 0.5) is 0 Å². The van der Waals surface area contributed by atoms with Crippen molar-refractivity contribution in [2.75, 3.05) is 13.1 Å². The highest BCUT2D eigenvalue weighted by molar-refractivity contribution is 5.68. The van der Waals surface area contributed by atoms with E-state index in [2.05, 4.69) is 6.58 Å². The highest BCUT2D eigenvalue weighted by Crippen LogP contribution is 2.16. The van der Waals surface area contributed by atoms with E-state index in [-0.39, 0.29) is 17.6 Å². The van der Waals surface area contributed by atoms with Crippen LogP contribution in [-0.2, 0) is 4.79 Å². The number of quaternary nitrogens is 1. The van der Waals surface area contributed by atoms with Crippen LogP contribution in [-0.4, -0.2) is 51.3 Å². The first-order valence-electron chi connectivity index (χ1n) is 4.42. The zero-order valence-electron chi connectivity index (χ0n) is 8.55. The molecule has 0 saturated carbocycles. The van der Waals surface area contributed by atoms with E-state index in [1.54, 1.807) is 0 Å². The van der Waals surface area contributed by atoms with Gasteiger partial charge in [-0.2, -0.15) is 0 Å². The molecule has 0 saturated heterocycles. The summed E-state index contributed by atoms with van der Waals surface area (Å²) in [6, 6.07) is 0. The predicted molar refractivity (Wildman–Crippen MR) is 51.2 cm³/mol. The lowest BCUT2D eigenvalue weighted by Gasteiger charge is -2.41. The van der Waals surface area contributed by atoms with Gasteiger partial charge >= 0.3 is 5.97 Å². The van der Waals surface area contributed by atoms with Crippen molar-refractivity contribution in [1.82, 2.24) is 0 Å². The normalized spacial score (nSPS) is 19.4. The topological polar surface area (TPSA) is 77.8 Å². The SMILES string of the molecule is C=CC[N+](CC(=O)O)(C(C)O)C(C)O. The predicted octanol–water partition coefficient (Wildman–Crippen LogP) is -0.250. The lowest BCUT2D eigenvalue weighted by atomic mass is 10.2. The molecule has 0 amide bonds. The average molecular weight is 204 g/mol. The van der Waals surface area contributed by atoms with Gasteiger partial charge < -0.3 is 15.3 Å². The molecule has 0 fully saturated rings. The van der Waals surface area contributed by atoms with E-state index in [1.165, 1.54) is 19.9 Å². The number of hydrogen-bond donors (Lipinski definition) is 3. The third kappa shape index (κ3) is 2.80. The number of carboxylic acid groups (broad SMARTS) is 1. The lowest BCUT2D eigenvalue weighted by Crippen LogP contribution is -2.61. The van der Waals surface area contributed by atoms with Gasteiger partial charge in [0.25, 0.3) is 0 Å². The molecule has 0 aromatic heterocycles. The molecule has 0 heterocycles. The first kappa shape index (κ1) is 13.1. The fraction of sp³-hybridized carbons (Fsp3) is 0.667. The Hall–Kier alpha value is -0.910. The van der Waals surface area contributed by atoms with E-state index in [0.717, 1.165) is 0 Å². The number of aliphatic hydroxyl groups excluding tert-OH is 2. The van der Waals surface area contributed by atoms with Crippen molar-refractivity contribution >= 4 is 5.97 Å². The van der Waals surface area contributed by atoms with Gasteiger partial charge in [-0.25, -0.2) is 4.79 Å². The van der Waals surface area contributed by atoms with E-state index in [9.17, 15) is 15.0 Å². The molecule has 5 heteroatoms. The molecule has 0 aliphatic heterocycles. The fourth-order valence-electron chi connectivity index (χ4n) is 1.44. The molecule has 0 radical (unpaired) electrons. The third-order valence-corrected chi connectivity index (χ3v) is 2.39. The van der Waals surface area contributed by atoms with Crippen molar-refractivity contribution in [3.05, 3.63) is 12.7 Å². The number of carboxylic acids is 1. The smallest absolute Gasteiger partial charge is 0.359 e. The molecule has 0 bridgehead atoms. The summed E-state index contributed by atoms with van der Waals surface area (Å²) in [7, 11) is 0. The Labute approximate surface area is 83.5 Å². The molecule has 0 rings (SSSR count). The summed E-state index contributed by atoms with van der Waals surface area (Å²) in [5.41, 5.74) is 0. The maximum absolute atomic E-state index is 10.6. The molecule has 5 nitrogen and oxygen atoms in total. The van der Waals surface area contributed by atoms with Gasteiger partial charge in [-0.15, -0.1) is 0 Å². The molecule has 0 aliphatic carbocycles. The van der Waals surface area contributed by atoms with Crippen LogP contribution >= 0.6 is 0 Å². The van der Waals surface area contributed by atoms with Crippen molar-refractivity contribution in [2.24, 2.45) is 0 Å². The second-order valence-electron chi connectivity index (χ2n) is 3.39. The highest BCUT2D eigenvalue weighted by atomic mass is 16.4. The molecule has 82 valence electrons. The van der Waals surface area contributed by atoms with Crippen molar-refractivity contribution in [2.45, 2.75) is 26.3 Å². The summed E-state index contributed by atoms with van der Waals surface area (Å²) in [5.74, 6) is -1.06. The summed E-state index contributed by atoms with van der Waals surface area (Å²) < 4.78 is -0.321. The number of aliphatic carboxylic acids is 1. The Bertz CT molecular complexity index is 205. The van der Waals surface area contributed by atoms with Crippen LogP contribution in [0.1, 0.15) is 13.8 Å². The van der Waals surface area contributed by atoms with Gasteiger partial charge in [-0.1, -0.05) is 6.58 Å². The van der Waals surface area contributed by atoms with Gasteiger partial charge in [0, 0.05) is 13.8 Å². The Morgan fingerprint density at radius 3 is 2.07 bits per heavy atom. The van der Waals surface area contributed by atoms with Gasteiger partial charge in [0.05, 0.1) is 0 Å². The number of hydrogen-bond acceptors (Lipinski definition) is 3. The second-order valence-corrected chi connectivity index (χ2v) is 3.39. The van der Waals surface area contributed by atoms with Gasteiger partial charge in [-0.3, -0.25) is 4.48 Å². The van der Waals surface area contributed by atoms with E-state index in [0.29, 0.717) is 0 Å². The van der Waals surface area contributed by atoms with E-state index in [4.69, 9.17) is 5.11 Å². The maximum atomic E-state index is 10.6. The molecule has 0 aliphatic rings. The van der Waals surface area contributed by atoms with Crippen molar-refractivity contribution in [1.29, 1.82) is 0 Å². The third-order valence-electron chi connectivity index (χ3n) is 2.39. The number of rotatable bonds is 6. The van der Waals surface area contributed by atoms with Crippen LogP contribution in [0.2, 0.25) is 0 Å². The van der Waals surface area contributed by atoms with Crippen LogP contribution in [0, 0.1) is 0 Å². The second kappa shape index (κ2) is 5.09. The van der Waals surface area contributed by atoms with Crippen LogP contribution in [0.15, 0.2) is 12.7 Å². The average Bonchev–Trinajstić information content (AvgIpc) is 2.01. The van der Waals surface area contributed by atoms with Gasteiger partial charge in [0.15, 0.2) is 19.0 Å². The summed E-state index contributed by atoms with van der Waals surface area (Å²) in [6.07, 6.45) is -0.421. The summed E-state index contributed by atoms with van der Waals surface area (Å²) in [4.78, 5) is 10.6. The minimum absolute atomic E-state index is 0.210. The first-order chi connectivity index (χ1) is 6.36. The van der Waals surface area contributed by atoms with Crippen LogP contribution in [0.5, 0.6) is 0 Å². The van der Waals surface area contributed by atoms with Gasteiger partial charge in [-0.05, 0) is 6.08 Å². The minimum Gasteiger partial charge on any atom is -0.477 e. The van der Waals surface area contributed by atoms with E-state index >= 15 is 0 Å². The van der Waals surface area contributed by atoms with Gasteiger partial charge in [0.1, 0.15) is 6.54 Å². The molecule has 0 spiro atoms. The van der Waals surface area contributed by atoms with Crippen molar-refractivity contribution in [3.63, 3.8) is 0 Å². The molecule has 2 unspecified atom stereocenters. The summed E-state index contributed by atoms with van der Waals surface area (Å²) in [6.45, 7) is 6.28. The highest BCUT2D eigenvalue weighted by Gasteiger charge is 2.38. The number of carbonyl (C=O) groups is 1. The number of aliphatic hydroxyl groups is 2. The lowest BCUT2D eigenvalue weighted by molar-refractivity contribution is -0.996. The number of nitrogens with zero attached hydrogens (tertiary/aromatic N) is 1. The van der Waals surface area contributed by atoms with Crippen LogP contribution in [0.3, 0.4) is 0 Å². The quantitative estimate of drug-likeness (QED) is 0.317.